The van der Waals surface area contributed by atoms with Crippen molar-refractivity contribution >= 4 is 16.5 Å². The Labute approximate surface area is 98.7 Å². The molecule has 0 aliphatic carbocycles. The number of aryl methyl sites for hydroxylation is 1. The fraction of sp³-hybridized carbons (Fsp3) is 0.545. The van der Waals surface area contributed by atoms with Gasteiger partial charge < -0.3 is 10.5 Å². The lowest BCUT2D eigenvalue weighted by molar-refractivity contribution is 0.218. The highest BCUT2D eigenvalue weighted by Crippen LogP contribution is 2.18. The molecule has 1 aromatic rings. The van der Waals surface area contributed by atoms with Crippen molar-refractivity contribution in [3.8, 4) is 0 Å². The van der Waals surface area contributed by atoms with Crippen LogP contribution < -0.4 is 5.73 Å². The molecule has 16 heavy (non-hydrogen) atoms. The Morgan fingerprint density at radius 1 is 1.50 bits per heavy atom. The number of hydrogen-bond acceptors (Lipinski definition) is 4. The van der Waals surface area contributed by atoms with E-state index in [9.17, 15) is 4.21 Å². The largest absolute Gasteiger partial charge is 0.398 e. The second kappa shape index (κ2) is 5.96. The maximum atomic E-state index is 11.7. The van der Waals surface area contributed by atoms with Gasteiger partial charge in [-0.25, -0.2) is 0 Å². The number of nitrogen functional groups attached to an aromatic ring is 1. The molecule has 1 aromatic heterocycles. The predicted octanol–water partition coefficient (Wildman–Crippen LogP) is 1.18. The monoisotopic (exact) mass is 242 g/mol. The van der Waals surface area contributed by atoms with Crippen LogP contribution in [-0.4, -0.2) is 28.7 Å². The minimum absolute atomic E-state index is 0.444. The molecular weight excluding hydrogens is 224 g/mol. The van der Waals surface area contributed by atoms with Gasteiger partial charge in [-0.1, -0.05) is 0 Å². The van der Waals surface area contributed by atoms with Gasteiger partial charge in [0.15, 0.2) is 0 Å². The maximum Gasteiger partial charge on any atom is 0.0663 e. The van der Waals surface area contributed by atoms with E-state index in [1.807, 2.05) is 13.8 Å². The van der Waals surface area contributed by atoms with Crippen molar-refractivity contribution in [1.82, 2.24) is 4.98 Å². The van der Waals surface area contributed by atoms with Crippen LogP contribution in [-0.2, 0) is 21.3 Å². The average Bonchev–Trinajstić information content (AvgIpc) is 2.27. The summed E-state index contributed by atoms with van der Waals surface area (Å²) >= 11 is 0. The number of pyridine rings is 1. The normalized spacial score (nSPS) is 12.7. The Balaban J connectivity index is 2.74. The second-order valence-corrected chi connectivity index (χ2v) is 5.28. The minimum Gasteiger partial charge on any atom is -0.398 e. The van der Waals surface area contributed by atoms with Crippen molar-refractivity contribution in [1.29, 1.82) is 0 Å². The highest BCUT2D eigenvalue weighted by molar-refractivity contribution is 7.84. The van der Waals surface area contributed by atoms with Gasteiger partial charge in [0.05, 0.1) is 18.1 Å². The molecule has 0 saturated carbocycles. The van der Waals surface area contributed by atoms with Crippen LogP contribution in [0.15, 0.2) is 6.20 Å². The van der Waals surface area contributed by atoms with E-state index in [4.69, 9.17) is 10.5 Å². The van der Waals surface area contributed by atoms with Crippen LogP contribution in [0.1, 0.15) is 16.8 Å². The van der Waals surface area contributed by atoms with Crippen molar-refractivity contribution in [3.63, 3.8) is 0 Å². The van der Waals surface area contributed by atoms with Crippen LogP contribution in [0.2, 0.25) is 0 Å². The fourth-order valence-corrected chi connectivity index (χ4v) is 2.43. The third kappa shape index (κ3) is 3.28. The van der Waals surface area contributed by atoms with E-state index in [1.54, 1.807) is 13.3 Å². The van der Waals surface area contributed by atoms with Crippen LogP contribution in [0.5, 0.6) is 0 Å². The number of rotatable bonds is 5. The summed E-state index contributed by atoms with van der Waals surface area (Å²) in [5, 5.41) is 0. The lowest BCUT2D eigenvalue weighted by Gasteiger charge is -2.09. The van der Waals surface area contributed by atoms with Crippen LogP contribution in [0.3, 0.4) is 0 Å². The average molecular weight is 242 g/mol. The first-order valence-corrected chi connectivity index (χ1v) is 6.59. The van der Waals surface area contributed by atoms with Gasteiger partial charge in [-0.15, -0.1) is 0 Å². The van der Waals surface area contributed by atoms with E-state index in [0.717, 1.165) is 22.5 Å². The van der Waals surface area contributed by atoms with E-state index < -0.39 is 10.8 Å². The molecule has 0 amide bonds. The molecule has 1 atom stereocenters. The van der Waals surface area contributed by atoms with Gasteiger partial charge >= 0.3 is 0 Å². The molecule has 1 unspecified atom stereocenters. The van der Waals surface area contributed by atoms with Crippen molar-refractivity contribution in [2.24, 2.45) is 0 Å². The van der Waals surface area contributed by atoms with Gasteiger partial charge in [0.1, 0.15) is 0 Å². The van der Waals surface area contributed by atoms with Crippen molar-refractivity contribution in [3.05, 3.63) is 23.0 Å². The number of nitrogens with zero attached hydrogens (tertiary/aromatic N) is 1. The molecule has 90 valence electrons. The molecule has 0 bridgehead atoms. The van der Waals surface area contributed by atoms with Crippen LogP contribution in [0, 0.1) is 13.8 Å². The van der Waals surface area contributed by atoms with E-state index >= 15 is 0 Å². The Hall–Kier alpha value is -0.940. The first kappa shape index (κ1) is 13.1. The number of methoxy groups -OCH3 is 1. The predicted molar refractivity (Wildman–Crippen MR) is 66.7 cm³/mol. The minimum atomic E-state index is -0.939. The van der Waals surface area contributed by atoms with Crippen molar-refractivity contribution in [2.75, 3.05) is 25.2 Å². The molecule has 0 saturated heterocycles. The molecule has 0 aliphatic rings. The van der Waals surface area contributed by atoms with E-state index in [2.05, 4.69) is 4.98 Å². The van der Waals surface area contributed by atoms with Crippen molar-refractivity contribution in [2.45, 2.75) is 19.6 Å². The van der Waals surface area contributed by atoms with Crippen LogP contribution in [0.25, 0.3) is 0 Å². The maximum absolute atomic E-state index is 11.7. The number of aromatic nitrogens is 1. The Bertz CT molecular complexity index is 394. The molecule has 1 rings (SSSR count). The first-order chi connectivity index (χ1) is 7.56. The topological polar surface area (TPSA) is 65.2 Å². The van der Waals surface area contributed by atoms with Gasteiger partial charge in [0.2, 0.25) is 0 Å². The summed E-state index contributed by atoms with van der Waals surface area (Å²) < 4.78 is 16.6. The number of nitrogens with two attached hydrogens (primary N) is 1. The zero-order valence-electron chi connectivity index (χ0n) is 9.95. The summed E-state index contributed by atoms with van der Waals surface area (Å²) in [5.41, 5.74) is 9.35. The molecule has 2 N–H and O–H groups in total. The molecule has 0 radical (unpaired) electrons. The molecule has 0 aliphatic heterocycles. The lowest BCUT2D eigenvalue weighted by atomic mass is 10.1. The first-order valence-electron chi connectivity index (χ1n) is 5.10. The summed E-state index contributed by atoms with van der Waals surface area (Å²) in [4.78, 5) is 4.27. The van der Waals surface area contributed by atoms with Crippen molar-refractivity contribution < 1.29 is 8.95 Å². The van der Waals surface area contributed by atoms with Gasteiger partial charge in [0, 0.05) is 35.5 Å². The lowest BCUT2D eigenvalue weighted by Crippen LogP contribution is -2.09. The second-order valence-electron chi connectivity index (χ2n) is 3.71. The summed E-state index contributed by atoms with van der Waals surface area (Å²) in [5.74, 6) is 0.977. The molecule has 0 spiro atoms. The smallest absolute Gasteiger partial charge is 0.0663 e. The quantitative estimate of drug-likeness (QED) is 0.842. The molecule has 0 fully saturated rings. The zero-order chi connectivity index (χ0) is 12.1. The molecular formula is C11H18N2O2S. The Kier molecular flexibility index (Phi) is 4.89. The number of hydrogen-bond donors (Lipinski definition) is 1. The summed E-state index contributed by atoms with van der Waals surface area (Å²) in [6.07, 6.45) is 1.73. The van der Waals surface area contributed by atoms with Crippen LogP contribution >= 0.6 is 0 Å². The standard InChI is InChI=1S/C11H18N2O2S/c1-8-6-13-10(9(2)11(8)12)7-16(14)5-4-15-3/h6H,4-5,7H2,1-3H3,(H2,12,13). The highest BCUT2D eigenvalue weighted by atomic mass is 32.2. The SMILES string of the molecule is COCCS(=O)Cc1ncc(C)c(N)c1C. The van der Waals surface area contributed by atoms with Crippen LogP contribution in [0.4, 0.5) is 5.69 Å². The summed E-state index contributed by atoms with van der Waals surface area (Å²) in [7, 11) is 0.663. The third-order valence-electron chi connectivity index (χ3n) is 2.49. The fourth-order valence-electron chi connectivity index (χ4n) is 1.34. The third-order valence-corrected chi connectivity index (χ3v) is 3.71. The zero-order valence-corrected chi connectivity index (χ0v) is 10.8. The summed E-state index contributed by atoms with van der Waals surface area (Å²) in [6, 6.07) is 0. The van der Waals surface area contributed by atoms with Gasteiger partial charge in [-0.2, -0.15) is 0 Å². The van der Waals surface area contributed by atoms with Gasteiger partial charge in [-0.3, -0.25) is 9.19 Å². The molecule has 1 heterocycles. The number of ether oxygens (including phenoxy) is 1. The Morgan fingerprint density at radius 3 is 2.81 bits per heavy atom. The molecule has 5 heteroatoms. The van der Waals surface area contributed by atoms with Gasteiger partial charge in [-0.05, 0) is 25.0 Å². The van der Waals surface area contributed by atoms with E-state index in [-0.39, 0.29) is 0 Å². The molecule has 4 nitrogen and oxygen atoms in total. The summed E-state index contributed by atoms with van der Waals surface area (Å²) in [6.45, 7) is 4.34. The number of anilines is 1. The van der Waals surface area contributed by atoms with E-state index in [1.165, 1.54) is 0 Å². The van der Waals surface area contributed by atoms with Gasteiger partial charge in [0.25, 0.3) is 0 Å². The Morgan fingerprint density at radius 2 is 2.19 bits per heavy atom. The molecule has 0 aromatic carbocycles. The highest BCUT2D eigenvalue weighted by Gasteiger charge is 2.09. The van der Waals surface area contributed by atoms with E-state index in [0.29, 0.717) is 18.1 Å².